The van der Waals surface area contributed by atoms with Crippen molar-refractivity contribution in [1.82, 2.24) is 4.31 Å². The van der Waals surface area contributed by atoms with Crippen LogP contribution in [0.2, 0.25) is 5.02 Å². The number of nitrogens with zero attached hydrogens (tertiary/aromatic N) is 1. The maximum atomic E-state index is 13.1. The predicted octanol–water partition coefficient (Wildman–Crippen LogP) is 6.32. The Hall–Kier alpha value is -3.20. The van der Waals surface area contributed by atoms with Crippen LogP contribution in [0.15, 0.2) is 71.6 Å². The van der Waals surface area contributed by atoms with Gasteiger partial charge in [0.25, 0.3) is 11.8 Å². The van der Waals surface area contributed by atoms with Crippen molar-refractivity contribution in [3.05, 3.63) is 88.4 Å². The number of anilines is 2. The van der Waals surface area contributed by atoms with Gasteiger partial charge in [0.2, 0.25) is 10.0 Å². The minimum absolute atomic E-state index is 0.0122. The van der Waals surface area contributed by atoms with E-state index in [1.807, 2.05) is 12.1 Å². The highest BCUT2D eigenvalue weighted by Crippen LogP contribution is 2.27. The number of sulfonamides is 1. The van der Waals surface area contributed by atoms with Crippen molar-refractivity contribution in [2.75, 3.05) is 23.7 Å². The van der Waals surface area contributed by atoms with E-state index in [1.54, 1.807) is 36.4 Å². The van der Waals surface area contributed by atoms with E-state index in [9.17, 15) is 18.0 Å². The summed E-state index contributed by atoms with van der Waals surface area (Å²) < 4.78 is 27.6. The molecule has 0 radical (unpaired) electrons. The molecule has 1 saturated heterocycles. The highest BCUT2D eigenvalue weighted by molar-refractivity contribution is 7.89. The van der Waals surface area contributed by atoms with Gasteiger partial charge in [-0.25, -0.2) is 8.42 Å². The first-order valence-electron chi connectivity index (χ1n) is 12.6. The Kier molecular flexibility index (Phi) is 8.25. The molecule has 0 aromatic heterocycles. The molecular weight excluding hydrogens is 522 g/mol. The zero-order valence-electron chi connectivity index (χ0n) is 21.8. The molecule has 0 unspecified atom stereocenters. The van der Waals surface area contributed by atoms with Gasteiger partial charge in [-0.05, 0) is 72.4 Å². The summed E-state index contributed by atoms with van der Waals surface area (Å²) in [5.74, 6) is -0.820. The Labute approximate surface area is 229 Å². The van der Waals surface area contributed by atoms with E-state index in [4.69, 9.17) is 11.6 Å². The highest BCUT2D eigenvalue weighted by atomic mass is 35.5. The largest absolute Gasteiger partial charge is 0.322 e. The Morgan fingerprint density at radius 2 is 1.42 bits per heavy atom. The average molecular weight is 554 g/mol. The smallest absolute Gasteiger partial charge is 0.257 e. The quantitative estimate of drug-likeness (QED) is 0.373. The number of carbonyl (C=O) groups excluding carboxylic acids is 2. The van der Waals surface area contributed by atoms with Gasteiger partial charge in [0, 0.05) is 30.0 Å². The second-order valence-electron chi connectivity index (χ2n) is 10.4. The molecule has 3 aromatic carbocycles. The summed E-state index contributed by atoms with van der Waals surface area (Å²) in [6.45, 7) is 7.26. The van der Waals surface area contributed by atoms with Crippen LogP contribution in [0, 0.1) is 0 Å². The number of rotatable bonds is 6. The summed E-state index contributed by atoms with van der Waals surface area (Å²) in [5.41, 5.74) is 2.62. The highest BCUT2D eigenvalue weighted by Gasteiger charge is 2.27. The van der Waals surface area contributed by atoms with E-state index in [2.05, 4.69) is 31.4 Å². The lowest BCUT2D eigenvalue weighted by atomic mass is 9.87. The van der Waals surface area contributed by atoms with Crippen LogP contribution in [-0.2, 0) is 15.4 Å². The zero-order chi connectivity index (χ0) is 27.5. The van der Waals surface area contributed by atoms with Crippen molar-refractivity contribution < 1.29 is 18.0 Å². The maximum absolute atomic E-state index is 13.1. The molecule has 0 spiro atoms. The Balaban J connectivity index is 1.48. The van der Waals surface area contributed by atoms with Gasteiger partial charge in [0.15, 0.2) is 0 Å². The van der Waals surface area contributed by atoms with Gasteiger partial charge in [0.05, 0.1) is 15.5 Å². The molecule has 200 valence electrons. The van der Waals surface area contributed by atoms with Gasteiger partial charge in [-0.15, -0.1) is 0 Å². The monoisotopic (exact) mass is 553 g/mol. The fraction of sp³-hybridized carbons (Fsp3) is 0.310. The Bertz CT molecular complexity index is 1440. The summed E-state index contributed by atoms with van der Waals surface area (Å²) in [5, 5.41) is 5.74. The molecule has 1 heterocycles. The molecule has 38 heavy (non-hydrogen) atoms. The molecule has 4 rings (SSSR count). The summed E-state index contributed by atoms with van der Waals surface area (Å²) in [6.07, 6.45) is 2.63. The van der Waals surface area contributed by atoms with Crippen LogP contribution in [0.1, 0.15) is 66.3 Å². The molecular formula is C29H32ClN3O4S. The topological polar surface area (TPSA) is 95.6 Å². The zero-order valence-corrected chi connectivity index (χ0v) is 23.3. The second kappa shape index (κ2) is 11.3. The van der Waals surface area contributed by atoms with Crippen molar-refractivity contribution in [3.63, 3.8) is 0 Å². The number of carbonyl (C=O) groups is 2. The summed E-state index contributed by atoms with van der Waals surface area (Å²) in [6, 6.07) is 18.3. The third-order valence-electron chi connectivity index (χ3n) is 6.53. The van der Waals surface area contributed by atoms with E-state index in [1.165, 1.54) is 22.5 Å². The number of hydrogen-bond acceptors (Lipinski definition) is 4. The molecule has 9 heteroatoms. The third kappa shape index (κ3) is 6.43. The molecule has 1 fully saturated rings. The molecule has 2 amide bonds. The van der Waals surface area contributed by atoms with Crippen molar-refractivity contribution in [2.24, 2.45) is 0 Å². The van der Waals surface area contributed by atoms with E-state index in [-0.39, 0.29) is 26.8 Å². The standard InChI is InChI=1S/C29H32ClN3O4S/c1-29(2,3)21-12-10-20(11-13-21)27(34)31-22-8-7-9-23(18-22)32-28(35)25-19-24(14-15-26(25)30)38(36,37)33-16-5-4-6-17-33/h7-15,18-19H,4-6,16-17H2,1-3H3,(H,31,34)(H,32,35). The number of hydrogen-bond donors (Lipinski definition) is 2. The van der Waals surface area contributed by atoms with E-state index >= 15 is 0 Å². The summed E-state index contributed by atoms with van der Waals surface area (Å²) in [4.78, 5) is 25.9. The lowest BCUT2D eigenvalue weighted by Crippen LogP contribution is -2.35. The average Bonchev–Trinajstić information content (AvgIpc) is 2.89. The molecule has 0 atom stereocenters. The fourth-order valence-electron chi connectivity index (χ4n) is 4.29. The summed E-state index contributed by atoms with van der Waals surface area (Å²) >= 11 is 6.27. The van der Waals surface area contributed by atoms with Gasteiger partial charge in [-0.1, -0.05) is 57.0 Å². The molecule has 1 aliphatic heterocycles. The molecule has 7 nitrogen and oxygen atoms in total. The Morgan fingerprint density at radius 1 is 0.816 bits per heavy atom. The number of amides is 2. The van der Waals surface area contributed by atoms with Crippen LogP contribution in [-0.4, -0.2) is 37.6 Å². The lowest BCUT2D eigenvalue weighted by Gasteiger charge is -2.26. The Morgan fingerprint density at radius 3 is 2.03 bits per heavy atom. The number of benzene rings is 3. The van der Waals surface area contributed by atoms with Crippen molar-refractivity contribution >= 4 is 44.8 Å². The second-order valence-corrected chi connectivity index (χ2v) is 12.8. The van der Waals surface area contributed by atoms with Crippen LogP contribution in [0.4, 0.5) is 11.4 Å². The van der Waals surface area contributed by atoms with Crippen LogP contribution in [0.3, 0.4) is 0 Å². The van der Waals surface area contributed by atoms with Crippen molar-refractivity contribution in [3.8, 4) is 0 Å². The van der Waals surface area contributed by atoms with Gasteiger partial charge in [-0.3, -0.25) is 9.59 Å². The first-order chi connectivity index (χ1) is 17.9. The van der Waals surface area contributed by atoms with Crippen LogP contribution in [0.5, 0.6) is 0 Å². The number of piperidine rings is 1. The van der Waals surface area contributed by atoms with E-state index in [0.717, 1.165) is 24.8 Å². The number of halogens is 1. The molecule has 3 aromatic rings. The first-order valence-corrected chi connectivity index (χ1v) is 14.4. The molecule has 0 bridgehead atoms. The summed E-state index contributed by atoms with van der Waals surface area (Å²) in [7, 11) is -3.72. The maximum Gasteiger partial charge on any atom is 0.257 e. The normalized spacial score (nSPS) is 14.6. The SMILES string of the molecule is CC(C)(C)c1ccc(C(=O)Nc2cccc(NC(=O)c3cc(S(=O)(=O)N4CCCCC4)ccc3Cl)c2)cc1. The third-order valence-corrected chi connectivity index (χ3v) is 8.75. The predicted molar refractivity (Wildman–Crippen MR) is 152 cm³/mol. The first kappa shape index (κ1) is 27.8. The van der Waals surface area contributed by atoms with Crippen LogP contribution < -0.4 is 10.6 Å². The fourth-order valence-corrected chi connectivity index (χ4v) is 6.04. The van der Waals surface area contributed by atoms with Gasteiger partial charge in [-0.2, -0.15) is 4.31 Å². The molecule has 2 N–H and O–H groups in total. The molecule has 0 aliphatic carbocycles. The lowest BCUT2D eigenvalue weighted by molar-refractivity contribution is 0.101. The van der Waals surface area contributed by atoms with E-state index in [0.29, 0.717) is 30.0 Å². The molecule has 0 saturated carbocycles. The van der Waals surface area contributed by atoms with Gasteiger partial charge < -0.3 is 10.6 Å². The van der Waals surface area contributed by atoms with Crippen molar-refractivity contribution in [2.45, 2.75) is 50.3 Å². The van der Waals surface area contributed by atoms with Crippen molar-refractivity contribution in [1.29, 1.82) is 0 Å². The minimum Gasteiger partial charge on any atom is -0.322 e. The molecule has 1 aliphatic rings. The minimum atomic E-state index is -3.72. The van der Waals surface area contributed by atoms with E-state index < -0.39 is 15.9 Å². The van der Waals surface area contributed by atoms with Crippen LogP contribution >= 0.6 is 11.6 Å². The number of nitrogens with one attached hydrogen (secondary N) is 2. The van der Waals surface area contributed by atoms with Crippen LogP contribution in [0.25, 0.3) is 0 Å². The van der Waals surface area contributed by atoms with Gasteiger partial charge in [0.1, 0.15) is 0 Å². The van der Waals surface area contributed by atoms with Gasteiger partial charge >= 0.3 is 0 Å².